The lowest BCUT2D eigenvalue weighted by atomic mass is 10.5. The summed E-state index contributed by atoms with van der Waals surface area (Å²) in [6, 6.07) is 0. The Bertz CT molecular complexity index is 389. The van der Waals surface area contributed by atoms with E-state index in [4.69, 9.17) is 27.9 Å². The number of methoxy groups -OCH3 is 1. The Balaban J connectivity index is 2.39. The summed E-state index contributed by atoms with van der Waals surface area (Å²) >= 11 is 11.4. The maximum absolute atomic E-state index is 11.3. The van der Waals surface area contributed by atoms with Crippen LogP contribution in [0.4, 0.5) is 5.82 Å². The van der Waals surface area contributed by atoms with E-state index in [0.717, 1.165) is 0 Å². The van der Waals surface area contributed by atoms with Crippen molar-refractivity contribution >= 4 is 34.9 Å². The van der Waals surface area contributed by atoms with Gasteiger partial charge in [0, 0.05) is 13.7 Å². The van der Waals surface area contributed by atoms with Gasteiger partial charge < -0.3 is 15.4 Å². The molecular formula is C9H12Cl2N4O2. The van der Waals surface area contributed by atoms with Crippen molar-refractivity contribution in [2.75, 3.05) is 32.1 Å². The molecule has 8 heteroatoms. The van der Waals surface area contributed by atoms with Crippen LogP contribution in [0.1, 0.15) is 0 Å². The van der Waals surface area contributed by atoms with Crippen LogP contribution < -0.4 is 10.6 Å². The van der Waals surface area contributed by atoms with Crippen molar-refractivity contribution in [3.05, 3.63) is 16.5 Å². The highest BCUT2D eigenvalue weighted by Crippen LogP contribution is 2.18. The number of aromatic nitrogens is 2. The van der Waals surface area contributed by atoms with Crippen molar-refractivity contribution in [1.82, 2.24) is 15.3 Å². The fourth-order valence-electron chi connectivity index (χ4n) is 0.989. The molecule has 0 fully saturated rings. The Morgan fingerprint density at radius 3 is 3.00 bits per heavy atom. The first-order chi connectivity index (χ1) is 8.13. The van der Waals surface area contributed by atoms with Crippen LogP contribution in [-0.2, 0) is 9.53 Å². The van der Waals surface area contributed by atoms with E-state index >= 15 is 0 Å². The molecule has 0 aliphatic heterocycles. The Hall–Kier alpha value is -1.11. The smallest absolute Gasteiger partial charge is 0.239 e. The summed E-state index contributed by atoms with van der Waals surface area (Å²) in [5.74, 6) is 0.140. The summed E-state index contributed by atoms with van der Waals surface area (Å²) < 4.78 is 4.80. The number of amides is 1. The molecule has 0 atom stereocenters. The van der Waals surface area contributed by atoms with Crippen LogP contribution in [0, 0.1) is 0 Å². The Kier molecular flexibility index (Phi) is 5.96. The fourth-order valence-corrected chi connectivity index (χ4v) is 1.28. The molecule has 94 valence electrons. The molecule has 0 radical (unpaired) electrons. The van der Waals surface area contributed by atoms with Gasteiger partial charge in [-0.3, -0.25) is 4.79 Å². The standard InChI is InChI=1S/C9H12Cl2N4O2/c1-17-3-2-12-7(16)5-13-8-6(10)4-14-9(11)15-8/h4H,2-3,5H2,1H3,(H,12,16)(H,13,14,15). The Morgan fingerprint density at radius 2 is 2.29 bits per heavy atom. The zero-order valence-corrected chi connectivity index (χ0v) is 10.7. The van der Waals surface area contributed by atoms with Crippen LogP contribution in [-0.4, -0.2) is 42.7 Å². The molecule has 2 N–H and O–H groups in total. The molecule has 1 rings (SSSR count). The minimum absolute atomic E-state index is 0.0524. The summed E-state index contributed by atoms with van der Waals surface area (Å²) in [5.41, 5.74) is 0. The zero-order valence-electron chi connectivity index (χ0n) is 9.17. The lowest BCUT2D eigenvalue weighted by Gasteiger charge is -2.07. The first-order valence-corrected chi connectivity index (χ1v) is 5.56. The van der Waals surface area contributed by atoms with E-state index < -0.39 is 0 Å². The van der Waals surface area contributed by atoms with Crippen molar-refractivity contribution in [3.8, 4) is 0 Å². The van der Waals surface area contributed by atoms with E-state index in [0.29, 0.717) is 24.0 Å². The number of carbonyl (C=O) groups is 1. The number of halogens is 2. The molecular weight excluding hydrogens is 267 g/mol. The van der Waals surface area contributed by atoms with Crippen molar-refractivity contribution in [3.63, 3.8) is 0 Å². The first kappa shape index (κ1) is 14.0. The van der Waals surface area contributed by atoms with E-state index in [-0.39, 0.29) is 17.7 Å². The molecule has 1 amide bonds. The predicted molar refractivity (Wildman–Crippen MR) is 65.4 cm³/mol. The number of ether oxygens (including phenoxy) is 1. The van der Waals surface area contributed by atoms with Crippen LogP contribution in [0.3, 0.4) is 0 Å². The van der Waals surface area contributed by atoms with E-state index in [1.165, 1.54) is 6.20 Å². The third-order valence-electron chi connectivity index (χ3n) is 1.76. The van der Waals surface area contributed by atoms with Gasteiger partial charge in [0.05, 0.1) is 19.3 Å². The highest BCUT2D eigenvalue weighted by Gasteiger charge is 2.06. The van der Waals surface area contributed by atoms with Crippen molar-refractivity contribution in [1.29, 1.82) is 0 Å². The van der Waals surface area contributed by atoms with Crippen molar-refractivity contribution in [2.24, 2.45) is 0 Å². The average molecular weight is 279 g/mol. The van der Waals surface area contributed by atoms with Crippen LogP contribution in [0.25, 0.3) is 0 Å². The molecule has 17 heavy (non-hydrogen) atoms. The number of nitrogens with zero attached hydrogens (tertiary/aromatic N) is 2. The third-order valence-corrected chi connectivity index (χ3v) is 2.22. The molecule has 0 saturated carbocycles. The molecule has 0 spiro atoms. The third kappa shape index (κ3) is 5.16. The minimum atomic E-state index is -0.187. The van der Waals surface area contributed by atoms with Crippen LogP contribution >= 0.6 is 23.2 Å². The summed E-state index contributed by atoms with van der Waals surface area (Å²) in [7, 11) is 1.56. The molecule has 0 aromatic carbocycles. The maximum Gasteiger partial charge on any atom is 0.239 e. The second-order valence-electron chi connectivity index (χ2n) is 3.03. The SMILES string of the molecule is COCCNC(=O)CNc1nc(Cl)ncc1Cl. The molecule has 6 nitrogen and oxygen atoms in total. The molecule has 1 aromatic rings. The topological polar surface area (TPSA) is 76.1 Å². The van der Waals surface area contributed by atoms with Crippen LogP contribution in [0.15, 0.2) is 6.20 Å². The largest absolute Gasteiger partial charge is 0.383 e. The number of hydrogen-bond donors (Lipinski definition) is 2. The predicted octanol–water partition coefficient (Wildman–Crippen LogP) is 0.958. The van der Waals surface area contributed by atoms with Gasteiger partial charge >= 0.3 is 0 Å². The van der Waals surface area contributed by atoms with E-state index in [9.17, 15) is 4.79 Å². The van der Waals surface area contributed by atoms with Gasteiger partial charge in [0.25, 0.3) is 0 Å². The van der Waals surface area contributed by atoms with Gasteiger partial charge in [0.2, 0.25) is 11.2 Å². The van der Waals surface area contributed by atoms with Gasteiger partial charge in [-0.05, 0) is 11.6 Å². The molecule has 0 saturated heterocycles. The van der Waals surface area contributed by atoms with Gasteiger partial charge in [0.15, 0.2) is 0 Å². The quantitative estimate of drug-likeness (QED) is 0.599. The lowest BCUT2D eigenvalue weighted by molar-refractivity contribution is -0.119. The number of nitrogens with one attached hydrogen (secondary N) is 2. The first-order valence-electron chi connectivity index (χ1n) is 4.81. The summed E-state index contributed by atoms with van der Waals surface area (Å²) in [5, 5.41) is 5.77. The second-order valence-corrected chi connectivity index (χ2v) is 3.78. The maximum atomic E-state index is 11.3. The number of carbonyl (C=O) groups excluding carboxylic acids is 1. The summed E-state index contributed by atoms with van der Waals surface area (Å²) in [4.78, 5) is 18.9. The average Bonchev–Trinajstić information content (AvgIpc) is 2.31. The van der Waals surface area contributed by atoms with E-state index in [1.54, 1.807) is 7.11 Å². The zero-order chi connectivity index (χ0) is 12.7. The summed E-state index contributed by atoms with van der Waals surface area (Å²) in [6.45, 7) is 0.970. The Morgan fingerprint density at radius 1 is 1.53 bits per heavy atom. The number of hydrogen-bond acceptors (Lipinski definition) is 5. The van der Waals surface area contributed by atoms with E-state index in [1.807, 2.05) is 0 Å². The van der Waals surface area contributed by atoms with Gasteiger partial charge in [-0.25, -0.2) is 4.98 Å². The molecule has 0 unspecified atom stereocenters. The van der Waals surface area contributed by atoms with Crippen molar-refractivity contribution < 1.29 is 9.53 Å². The van der Waals surface area contributed by atoms with E-state index in [2.05, 4.69) is 20.6 Å². The Labute approximate surface area is 109 Å². The monoisotopic (exact) mass is 278 g/mol. The van der Waals surface area contributed by atoms with Gasteiger partial charge in [-0.2, -0.15) is 4.98 Å². The van der Waals surface area contributed by atoms with Gasteiger partial charge in [-0.1, -0.05) is 11.6 Å². The number of anilines is 1. The molecule has 1 aromatic heterocycles. The van der Waals surface area contributed by atoms with Crippen molar-refractivity contribution in [2.45, 2.75) is 0 Å². The van der Waals surface area contributed by atoms with Crippen LogP contribution in [0.2, 0.25) is 10.3 Å². The highest BCUT2D eigenvalue weighted by molar-refractivity contribution is 6.33. The molecule has 0 aliphatic carbocycles. The fraction of sp³-hybridized carbons (Fsp3) is 0.444. The second kappa shape index (κ2) is 7.26. The molecule has 0 bridgehead atoms. The van der Waals surface area contributed by atoms with Gasteiger partial charge in [0.1, 0.15) is 10.8 Å². The van der Waals surface area contributed by atoms with Crippen LogP contribution in [0.5, 0.6) is 0 Å². The number of rotatable bonds is 6. The molecule has 0 aliphatic rings. The normalized spacial score (nSPS) is 10.1. The minimum Gasteiger partial charge on any atom is -0.383 e. The van der Waals surface area contributed by atoms with Gasteiger partial charge in [-0.15, -0.1) is 0 Å². The lowest BCUT2D eigenvalue weighted by Crippen LogP contribution is -2.32. The summed E-state index contributed by atoms with van der Waals surface area (Å²) in [6.07, 6.45) is 1.36. The highest BCUT2D eigenvalue weighted by atomic mass is 35.5. The molecule has 1 heterocycles.